The van der Waals surface area contributed by atoms with Gasteiger partial charge in [0, 0.05) is 5.56 Å². The van der Waals surface area contributed by atoms with E-state index in [1.54, 1.807) is 0 Å². The van der Waals surface area contributed by atoms with Crippen molar-refractivity contribution < 1.29 is 14.3 Å². The van der Waals surface area contributed by atoms with E-state index in [0.29, 0.717) is 26.2 Å². The summed E-state index contributed by atoms with van der Waals surface area (Å²) in [7, 11) is 0. The third kappa shape index (κ3) is 3.65. The van der Waals surface area contributed by atoms with Gasteiger partial charge in [0.15, 0.2) is 0 Å². The van der Waals surface area contributed by atoms with Crippen LogP contribution in [0.1, 0.15) is 24.9 Å². The molecule has 1 amide bonds. The van der Waals surface area contributed by atoms with Crippen LogP contribution >= 0.6 is 0 Å². The molecule has 2 aromatic rings. The lowest BCUT2D eigenvalue weighted by molar-refractivity contribution is -0.134. The highest BCUT2D eigenvalue weighted by atomic mass is 16.5. The van der Waals surface area contributed by atoms with Crippen LogP contribution in [0.5, 0.6) is 11.5 Å². The summed E-state index contributed by atoms with van der Waals surface area (Å²) in [4.78, 5) is 14.4. The van der Waals surface area contributed by atoms with Crippen molar-refractivity contribution in [3.63, 3.8) is 0 Å². The van der Waals surface area contributed by atoms with Gasteiger partial charge in [0.1, 0.15) is 18.1 Å². The lowest BCUT2D eigenvalue weighted by Gasteiger charge is -2.27. The molecule has 2 aromatic carbocycles. The topological polar surface area (TPSA) is 38.8 Å². The predicted molar refractivity (Wildman–Crippen MR) is 88.6 cm³/mol. The van der Waals surface area contributed by atoms with Gasteiger partial charge in [-0.15, -0.1) is 0 Å². The second-order valence-electron chi connectivity index (χ2n) is 5.56. The van der Waals surface area contributed by atoms with Gasteiger partial charge in [-0.25, -0.2) is 0 Å². The highest BCUT2D eigenvalue weighted by molar-refractivity contribution is 5.77. The van der Waals surface area contributed by atoms with Crippen LogP contribution in [0.3, 0.4) is 0 Å². The molecule has 0 bridgehead atoms. The molecular formula is C19H21NO3. The molecule has 0 aromatic heterocycles. The number of rotatable bonds is 4. The number of amides is 1. The zero-order valence-corrected chi connectivity index (χ0v) is 13.3. The molecule has 23 heavy (non-hydrogen) atoms. The van der Waals surface area contributed by atoms with Crippen LogP contribution in [-0.4, -0.2) is 30.6 Å². The second-order valence-corrected chi connectivity index (χ2v) is 5.56. The molecule has 4 nitrogen and oxygen atoms in total. The molecule has 1 heterocycles. The molecule has 0 radical (unpaired) electrons. The van der Waals surface area contributed by atoms with Gasteiger partial charge in [-0.05, 0) is 25.1 Å². The Balaban J connectivity index is 1.61. The van der Waals surface area contributed by atoms with Crippen LogP contribution in [0, 0.1) is 0 Å². The lowest BCUT2D eigenvalue weighted by atomic mass is 10.1. The number of carbonyl (C=O) groups excluding carboxylic acids is 1. The van der Waals surface area contributed by atoms with Gasteiger partial charge >= 0.3 is 0 Å². The Bertz CT molecular complexity index is 657. The number of ether oxygens (including phenoxy) is 2. The monoisotopic (exact) mass is 311 g/mol. The Labute approximate surface area is 136 Å². The first kappa shape index (κ1) is 15.4. The quantitative estimate of drug-likeness (QED) is 0.868. The summed E-state index contributed by atoms with van der Waals surface area (Å²) in [6.45, 7) is 3.55. The van der Waals surface area contributed by atoms with Crippen LogP contribution in [0.25, 0.3) is 0 Å². The molecule has 4 heteroatoms. The number of nitrogens with zero attached hydrogens (tertiary/aromatic N) is 1. The van der Waals surface area contributed by atoms with E-state index in [2.05, 4.69) is 0 Å². The summed E-state index contributed by atoms with van der Waals surface area (Å²) in [5, 5.41) is 0. The Morgan fingerprint density at radius 3 is 2.74 bits per heavy atom. The normalized spacial score (nSPS) is 16.9. The third-order valence-corrected chi connectivity index (χ3v) is 4.07. The van der Waals surface area contributed by atoms with Crippen molar-refractivity contribution in [1.29, 1.82) is 0 Å². The van der Waals surface area contributed by atoms with Gasteiger partial charge in [0.25, 0.3) is 0 Å². The van der Waals surface area contributed by atoms with E-state index in [-0.39, 0.29) is 11.9 Å². The third-order valence-electron chi connectivity index (χ3n) is 4.07. The molecule has 3 rings (SSSR count). The van der Waals surface area contributed by atoms with Crippen LogP contribution in [0.4, 0.5) is 0 Å². The molecule has 120 valence electrons. The van der Waals surface area contributed by atoms with Gasteiger partial charge in [0.05, 0.1) is 25.6 Å². The van der Waals surface area contributed by atoms with Gasteiger partial charge in [0.2, 0.25) is 5.91 Å². The molecule has 0 saturated carbocycles. The van der Waals surface area contributed by atoms with Crippen molar-refractivity contribution in [2.75, 3.05) is 19.8 Å². The minimum absolute atomic E-state index is 0.0120. The van der Waals surface area contributed by atoms with Crippen LogP contribution in [0.15, 0.2) is 54.6 Å². The van der Waals surface area contributed by atoms with Crippen molar-refractivity contribution in [2.24, 2.45) is 0 Å². The second kappa shape index (κ2) is 7.18. The van der Waals surface area contributed by atoms with E-state index in [0.717, 1.165) is 17.1 Å². The average molecular weight is 311 g/mol. The van der Waals surface area contributed by atoms with Crippen molar-refractivity contribution >= 4 is 5.91 Å². The largest absolute Gasteiger partial charge is 0.493 e. The van der Waals surface area contributed by atoms with Crippen molar-refractivity contribution in [3.05, 3.63) is 60.2 Å². The number of hydrogen-bond acceptors (Lipinski definition) is 3. The van der Waals surface area contributed by atoms with Crippen LogP contribution in [-0.2, 0) is 4.79 Å². The standard InChI is InChI=1S/C19H21NO3/c1-15-17-9-5-6-10-18(17)23-14-12-20(15)19(21)11-13-22-16-7-3-2-4-8-16/h2-10,15H,11-14H2,1H3. The van der Waals surface area contributed by atoms with E-state index in [9.17, 15) is 4.79 Å². The Hall–Kier alpha value is -2.49. The molecule has 1 unspecified atom stereocenters. The van der Waals surface area contributed by atoms with Crippen LogP contribution < -0.4 is 9.47 Å². The number of fused-ring (bicyclic) bond motifs is 1. The van der Waals surface area contributed by atoms with Gasteiger partial charge in [-0.1, -0.05) is 36.4 Å². The number of hydrogen-bond donors (Lipinski definition) is 0. The smallest absolute Gasteiger partial charge is 0.226 e. The van der Waals surface area contributed by atoms with Gasteiger partial charge in [-0.3, -0.25) is 4.79 Å². The molecule has 1 atom stereocenters. The molecular weight excluding hydrogens is 290 g/mol. The zero-order chi connectivity index (χ0) is 16.1. The SMILES string of the molecule is CC1c2ccccc2OCCN1C(=O)CCOc1ccccc1. The van der Waals surface area contributed by atoms with Crippen LogP contribution in [0.2, 0.25) is 0 Å². The van der Waals surface area contributed by atoms with E-state index in [1.807, 2.05) is 66.4 Å². The fourth-order valence-electron chi connectivity index (χ4n) is 2.83. The summed E-state index contributed by atoms with van der Waals surface area (Å²) in [5.41, 5.74) is 1.06. The molecule has 0 spiro atoms. The Morgan fingerprint density at radius 2 is 1.91 bits per heavy atom. The first-order valence-electron chi connectivity index (χ1n) is 7.95. The number of carbonyl (C=O) groups is 1. The fraction of sp³-hybridized carbons (Fsp3) is 0.316. The molecule has 0 fully saturated rings. The summed E-state index contributed by atoms with van der Waals surface area (Å²) < 4.78 is 11.4. The first-order chi connectivity index (χ1) is 11.3. The fourth-order valence-corrected chi connectivity index (χ4v) is 2.83. The maximum Gasteiger partial charge on any atom is 0.226 e. The summed E-state index contributed by atoms with van der Waals surface area (Å²) in [5.74, 6) is 1.75. The maximum absolute atomic E-state index is 12.6. The minimum atomic E-state index is 0.0120. The van der Waals surface area contributed by atoms with Gasteiger partial charge in [-0.2, -0.15) is 0 Å². The molecule has 0 saturated heterocycles. The molecule has 1 aliphatic rings. The van der Waals surface area contributed by atoms with Crippen molar-refractivity contribution in [2.45, 2.75) is 19.4 Å². The minimum Gasteiger partial charge on any atom is -0.493 e. The lowest BCUT2D eigenvalue weighted by Crippen LogP contribution is -2.35. The zero-order valence-electron chi connectivity index (χ0n) is 13.3. The maximum atomic E-state index is 12.6. The van der Waals surface area contributed by atoms with E-state index in [4.69, 9.17) is 9.47 Å². The summed E-state index contributed by atoms with van der Waals surface area (Å²) in [6.07, 6.45) is 0.363. The van der Waals surface area contributed by atoms with Gasteiger partial charge < -0.3 is 14.4 Å². The summed E-state index contributed by atoms with van der Waals surface area (Å²) in [6, 6.07) is 17.5. The Kier molecular flexibility index (Phi) is 4.81. The number of para-hydroxylation sites is 2. The molecule has 0 aliphatic carbocycles. The van der Waals surface area contributed by atoms with Crippen molar-refractivity contribution in [3.8, 4) is 11.5 Å². The highest BCUT2D eigenvalue weighted by Crippen LogP contribution is 2.31. The molecule has 1 aliphatic heterocycles. The van der Waals surface area contributed by atoms with E-state index >= 15 is 0 Å². The molecule has 0 N–H and O–H groups in total. The van der Waals surface area contributed by atoms with E-state index in [1.165, 1.54) is 0 Å². The predicted octanol–water partition coefficient (Wildman–Crippen LogP) is 3.44. The van der Waals surface area contributed by atoms with E-state index < -0.39 is 0 Å². The van der Waals surface area contributed by atoms with Crippen molar-refractivity contribution in [1.82, 2.24) is 4.90 Å². The number of benzene rings is 2. The summed E-state index contributed by atoms with van der Waals surface area (Å²) >= 11 is 0. The Morgan fingerprint density at radius 1 is 1.17 bits per heavy atom. The average Bonchev–Trinajstić information content (AvgIpc) is 2.75. The highest BCUT2D eigenvalue weighted by Gasteiger charge is 2.26. The first-order valence-corrected chi connectivity index (χ1v) is 7.95.